The molecule has 0 spiro atoms. The maximum absolute atomic E-state index is 12.8. The molecule has 166 valence electrons. The highest BCUT2D eigenvalue weighted by atomic mass is 35.5. The van der Waals surface area contributed by atoms with Crippen LogP contribution in [0.1, 0.15) is 23.6 Å². The van der Waals surface area contributed by atoms with Crippen molar-refractivity contribution in [1.29, 1.82) is 0 Å². The van der Waals surface area contributed by atoms with Crippen molar-refractivity contribution < 1.29 is 22.7 Å². The van der Waals surface area contributed by atoms with Gasteiger partial charge in [0.2, 0.25) is 5.91 Å². The normalized spacial score (nSPS) is 19.5. The number of benzene rings is 1. The first-order valence-electron chi connectivity index (χ1n) is 10.0. The van der Waals surface area contributed by atoms with Gasteiger partial charge in [0.1, 0.15) is 11.6 Å². The topological polar surface area (TPSA) is 57.7 Å². The van der Waals surface area contributed by atoms with Crippen molar-refractivity contribution >= 4 is 23.3 Å². The Balaban J connectivity index is 1.30. The van der Waals surface area contributed by atoms with Crippen molar-refractivity contribution in [3.8, 4) is 5.75 Å². The first kappa shape index (κ1) is 21.7. The van der Waals surface area contributed by atoms with Crippen LogP contribution in [-0.2, 0) is 11.0 Å². The molecule has 3 heterocycles. The largest absolute Gasteiger partial charge is 0.493 e. The Kier molecular flexibility index (Phi) is 6.24. The fraction of sp³-hybridized carbons (Fsp3) is 0.429. The van der Waals surface area contributed by atoms with Crippen LogP contribution in [0, 0.1) is 0 Å². The summed E-state index contributed by atoms with van der Waals surface area (Å²) in [5.74, 6) is 1.06. The number of hydrogen-bond acceptors (Lipinski definition) is 5. The highest BCUT2D eigenvalue weighted by Gasteiger charge is 2.32. The van der Waals surface area contributed by atoms with Crippen LogP contribution in [0.15, 0.2) is 36.5 Å². The molecule has 0 aliphatic carbocycles. The Bertz CT molecular complexity index is 948. The number of nitrogens with zero attached hydrogens (tertiary/aromatic N) is 3. The first-order chi connectivity index (χ1) is 14.8. The van der Waals surface area contributed by atoms with Crippen molar-refractivity contribution in [3.05, 3.63) is 52.7 Å². The number of para-hydroxylation sites is 1. The molecule has 1 fully saturated rings. The number of hydrogen-bond donors (Lipinski definition) is 1. The summed E-state index contributed by atoms with van der Waals surface area (Å²) in [7, 11) is 0. The number of fused-ring (bicyclic) bond motifs is 1. The summed E-state index contributed by atoms with van der Waals surface area (Å²) >= 11 is 6.05. The van der Waals surface area contributed by atoms with E-state index in [4.69, 9.17) is 16.3 Å². The van der Waals surface area contributed by atoms with Gasteiger partial charge in [0.05, 0.1) is 29.8 Å². The molecule has 1 aromatic heterocycles. The Morgan fingerprint density at radius 1 is 1.23 bits per heavy atom. The molecule has 6 nitrogen and oxygen atoms in total. The van der Waals surface area contributed by atoms with E-state index < -0.39 is 11.7 Å². The number of amides is 1. The van der Waals surface area contributed by atoms with Gasteiger partial charge in [0, 0.05) is 44.4 Å². The van der Waals surface area contributed by atoms with Crippen molar-refractivity contribution in [2.24, 2.45) is 0 Å². The minimum Gasteiger partial charge on any atom is -0.493 e. The molecular weight excluding hydrogens is 433 g/mol. The highest BCUT2D eigenvalue weighted by Crippen LogP contribution is 2.34. The van der Waals surface area contributed by atoms with Crippen LogP contribution in [0.25, 0.3) is 0 Å². The van der Waals surface area contributed by atoms with Gasteiger partial charge in [-0.3, -0.25) is 9.69 Å². The standard InChI is InChI=1S/C21H22ClF3N4O2/c22-16-11-14(21(23,24)25)12-26-20(16)29-8-6-28(7-9-29)13-19(30)27-17-5-10-31-18-4-2-1-3-15(17)18/h1-4,11-12,17H,5-10,13H2,(H,27,30). The number of carbonyl (C=O) groups is 1. The van der Waals surface area contributed by atoms with Crippen molar-refractivity contribution in [2.45, 2.75) is 18.6 Å². The molecule has 0 radical (unpaired) electrons. The summed E-state index contributed by atoms with van der Waals surface area (Å²) in [5, 5.41) is 3.05. The van der Waals surface area contributed by atoms with Gasteiger partial charge in [-0.2, -0.15) is 13.2 Å². The van der Waals surface area contributed by atoms with Crippen LogP contribution < -0.4 is 15.0 Å². The predicted octanol–water partition coefficient (Wildman–Crippen LogP) is 3.52. The van der Waals surface area contributed by atoms with Gasteiger partial charge in [-0.05, 0) is 12.1 Å². The zero-order chi connectivity index (χ0) is 22.0. The van der Waals surface area contributed by atoms with E-state index in [1.807, 2.05) is 34.1 Å². The van der Waals surface area contributed by atoms with Crippen LogP contribution in [-0.4, -0.2) is 55.1 Å². The SMILES string of the molecule is O=C(CN1CCN(c2ncc(C(F)(F)F)cc2Cl)CC1)NC1CCOc2ccccc21. The number of piperazine rings is 1. The van der Waals surface area contributed by atoms with Crippen LogP contribution in [0.3, 0.4) is 0 Å². The fourth-order valence-corrected chi connectivity index (χ4v) is 4.16. The van der Waals surface area contributed by atoms with Crippen molar-refractivity contribution in [2.75, 3.05) is 44.2 Å². The number of pyridine rings is 1. The molecule has 2 aromatic rings. The maximum atomic E-state index is 12.8. The van der Waals surface area contributed by atoms with Crippen LogP contribution in [0.2, 0.25) is 5.02 Å². The molecule has 1 aromatic carbocycles. The second-order valence-electron chi connectivity index (χ2n) is 7.59. The van der Waals surface area contributed by atoms with E-state index >= 15 is 0 Å². The average Bonchev–Trinajstić information content (AvgIpc) is 2.74. The summed E-state index contributed by atoms with van der Waals surface area (Å²) < 4.78 is 44.0. The number of anilines is 1. The number of alkyl halides is 3. The zero-order valence-electron chi connectivity index (χ0n) is 16.7. The second kappa shape index (κ2) is 8.92. The third-order valence-corrected chi connectivity index (χ3v) is 5.76. The van der Waals surface area contributed by atoms with Gasteiger partial charge < -0.3 is 15.0 Å². The Morgan fingerprint density at radius 2 is 1.97 bits per heavy atom. The third-order valence-electron chi connectivity index (χ3n) is 5.48. The molecule has 1 saturated heterocycles. The first-order valence-corrected chi connectivity index (χ1v) is 10.4. The fourth-order valence-electron chi connectivity index (χ4n) is 3.87. The predicted molar refractivity (Wildman–Crippen MR) is 110 cm³/mol. The van der Waals surface area contributed by atoms with Gasteiger partial charge in [-0.25, -0.2) is 4.98 Å². The average molecular weight is 455 g/mol. The van der Waals surface area contributed by atoms with E-state index in [0.29, 0.717) is 45.0 Å². The van der Waals surface area contributed by atoms with E-state index in [0.717, 1.165) is 23.6 Å². The molecule has 1 atom stereocenters. The van der Waals surface area contributed by atoms with Gasteiger partial charge in [-0.1, -0.05) is 29.8 Å². The maximum Gasteiger partial charge on any atom is 0.417 e. The minimum atomic E-state index is -4.48. The molecular formula is C21H22ClF3N4O2. The Morgan fingerprint density at radius 3 is 2.68 bits per heavy atom. The summed E-state index contributed by atoms with van der Waals surface area (Å²) in [5.41, 5.74) is 0.112. The molecule has 1 unspecified atom stereocenters. The quantitative estimate of drug-likeness (QED) is 0.766. The molecule has 10 heteroatoms. The lowest BCUT2D eigenvalue weighted by Crippen LogP contribution is -2.50. The number of aromatic nitrogens is 1. The van der Waals surface area contributed by atoms with Gasteiger partial charge in [0.25, 0.3) is 0 Å². The van der Waals surface area contributed by atoms with E-state index in [1.54, 1.807) is 0 Å². The minimum absolute atomic E-state index is 0.0285. The van der Waals surface area contributed by atoms with Gasteiger partial charge >= 0.3 is 6.18 Å². The van der Waals surface area contributed by atoms with Crippen LogP contribution >= 0.6 is 11.6 Å². The van der Waals surface area contributed by atoms with E-state index in [2.05, 4.69) is 10.3 Å². The molecule has 0 saturated carbocycles. The van der Waals surface area contributed by atoms with Gasteiger partial charge in [0.15, 0.2) is 0 Å². The second-order valence-corrected chi connectivity index (χ2v) is 7.99. The number of ether oxygens (including phenoxy) is 1. The van der Waals surface area contributed by atoms with E-state index in [9.17, 15) is 18.0 Å². The number of carbonyl (C=O) groups excluding carboxylic acids is 1. The smallest absolute Gasteiger partial charge is 0.417 e. The lowest BCUT2D eigenvalue weighted by atomic mass is 10.0. The summed E-state index contributed by atoms with van der Waals surface area (Å²) in [6.45, 7) is 3.01. The van der Waals surface area contributed by atoms with Crippen LogP contribution in [0.5, 0.6) is 5.75 Å². The number of nitrogens with one attached hydrogen (secondary N) is 1. The van der Waals surface area contributed by atoms with E-state index in [-0.39, 0.29) is 23.5 Å². The van der Waals surface area contributed by atoms with Crippen molar-refractivity contribution in [3.63, 3.8) is 0 Å². The molecule has 31 heavy (non-hydrogen) atoms. The Labute approximate surface area is 182 Å². The monoisotopic (exact) mass is 454 g/mol. The number of rotatable bonds is 4. The third kappa shape index (κ3) is 5.04. The Hall–Kier alpha value is -2.52. The molecule has 2 aliphatic rings. The number of halogens is 4. The summed E-state index contributed by atoms with van der Waals surface area (Å²) in [6.07, 6.45) is -2.96. The molecule has 4 rings (SSSR count). The summed E-state index contributed by atoms with van der Waals surface area (Å²) in [4.78, 5) is 20.3. The summed E-state index contributed by atoms with van der Waals surface area (Å²) in [6, 6.07) is 8.50. The molecule has 2 aliphatic heterocycles. The van der Waals surface area contributed by atoms with Crippen LogP contribution in [0.4, 0.5) is 19.0 Å². The van der Waals surface area contributed by atoms with Gasteiger partial charge in [-0.15, -0.1) is 0 Å². The highest BCUT2D eigenvalue weighted by molar-refractivity contribution is 6.33. The van der Waals surface area contributed by atoms with Crippen molar-refractivity contribution in [1.82, 2.24) is 15.2 Å². The lowest BCUT2D eigenvalue weighted by Gasteiger charge is -2.35. The molecule has 1 amide bonds. The molecule has 1 N–H and O–H groups in total. The zero-order valence-corrected chi connectivity index (χ0v) is 17.4. The molecule has 0 bridgehead atoms. The van der Waals surface area contributed by atoms with E-state index in [1.165, 1.54) is 0 Å². The lowest BCUT2D eigenvalue weighted by molar-refractivity contribution is -0.137.